The van der Waals surface area contributed by atoms with Crippen LogP contribution < -0.4 is 4.74 Å². The van der Waals surface area contributed by atoms with Crippen molar-refractivity contribution in [1.29, 1.82) is 0 Å². The summed E-state index contributed by atoms with van der Waals surface area (Å²) in [6, 6.07) is 13.2. The second-order valence-corrected chi connectivity index (χ2v) is 9.34. The molecule has 180 valence electrons. The summed E-state index contributed by atoms with van der Waals surface area (Å²) in [5, 5.41) is 21.7. The van der Waals surface area contributed by atoms with Gasteiger partial charge in [0.25, 0.3) is 5.91 Å². The summed E-state index contributed by atoms with van der Waals surface area (Å²) >= 11 is 6.36. The van der Waals surface area contributed by atoms with Crippen molar-refractivity contribution in [3.05, 3.63) is 64.2 Å². The van der Waals surface area contributed by atoms with Crippen molar-refractivity contribution in [1.82, 2.24) is 9.80 Å². The molecule has 2 aromatic rings. The lowest BCUT2D eigenvalue weighted by molar-refractivity contribution is -0.0163. The number of carbonyl (C=O) groups is 1. The number of aliphatic hydroxyl groups is 2. The lowest BCUT2D eigenvalue weighted by atomic mass is 10.0. The molecular formula is C26H35ClN2O4. The number of rotatable bonds is 3. The van der Waals surface area contributed by atoms with Crippen molar-refractivity contribution in [2.75, 3.05) is 33.8 Å². The minimum Gasteiger partial charge on any atom is -0.491 e. The van der Waals surface area contributed by atoms with E-state index in [1.165, 1.54) is 0 Å². The van der Waals surface area contributed by atoms with E-state index in [1.54, 1.807) is 31.1 Å². The van der Waals surface area contributed by atoms with Gasteiger partial charge in [0.2, 0.25) is 0 Å². The summed E-state index contributed by atoms with van der Waals surface area (Å²) in [6.45, 7) is 2.25. The third-order valence-corrected chi connectivity index (χ3v) is 6.45. The van der Waals surface area contributed by atoms with Gasteiger partial charge in [-0.05, 0) is 67.6 Å². The van der Waals surface area contributed by atoms with E-state index in [0.29, 0.717) is 30.8 Å². The molecule has 1 heterocycles. The van der Waals surface area contributed by atoms with E-state index in [-0.39, 0.29) is 12.5 Å². The normalized spacial score (nSPS) is 20.9. The molecule has 1 amide bonds. The molecule has 0 fully saturated rings. The molecule has 0 radical (unpaired) electrons. The first-order chi connectivity index (χ1) is 15.8. The van der Waals surface area contributed by atoms with Crippen LogP contribution in [-0.2, 0) is 13.0 Å². The minimum atomic E-state index is -0.994. The van der Waals surface area contributed by atoms with E-state index in [2.05, 4.69) is 4.90 Å². The number of fused-ring (bicyclic) bond motifs is 1. The predicted molar refractivity (Wildman–Crippen MR) is 131 cm³/mol. The highest BCUT2D eigenvalue weighted by molar-refractivity contribution is 6.31. The molecule has 0 aromatic heterocycles. The Bertz CT molecular complexity index is 921. The molecular weight excluding hydrogens is 440 g/mol. The Morgan fingerprint density at radius 3 is 2.64 bits per heavy atom. The summed E-state index contributed by atoms with van der Waals surface area (Å²) in [5.41, 5.74) is 2.63. The maximum atomic E-state index is 12.4. The van der Waals surface area contributed by atoms with Gasteiger partial charge in [-0.15, -0.1) is 0 Å². The molecule has 1 aliphatic heterocycles. The molecule has 6 nitrogen and oxygen atoms in total. The summed E-state index contributed by atoms with van der Waals surface area (Å²) in [5.74, 6) is 0.608. The van der Waals surface area contributed by atoms with Gasteiger partial charge in [-0.3, -0.25) is 9.69 Å². The quantitative estimate of drug-likeness (QED) is 0.708. The molecule has 0 saturated heterocycles. The molecule has 2 aromatic carbocycles. The van der Waals surface area contributed by atoms with Gasteiger partial charge in [0.05, 0.1) is 6.10 Å². The third kappa shape index (κ3) is 7.44. The zero-order valence-electron chi connectivity index (χ0n) is 19.5. The van der Waals surface area contributed by atoms with E-state index in [9.17, 15) is 15.0 Å². The molecule has 0 unspecified atom stereocenters. The molecule has 2 N–H and O–H groups in total. The average molecular weight is 475 g/mol. The van der Waals surface area contributed by atoms with E-state index >= 15 is 0 Å². The number of hydrogen-bond acceptors (Lipinski definition) is 5. The molecule has 0 spiro atoms. The fourth-order valence-electron chi connectivity index (χ4n) is 4.07. The van der Waals surface area contributed by atoms with Crippen LogP contribution >= 0.6 is 11.6 Å². The fourth-order valence-corrected chi connectivity index (χ4v) is 4.26. The molecule has 3 rings (SSSR count). The van der Waals surface area contributed by atoms with Gasteiger partial charge < -0.3 is 19.8 Å². The first-order valence-corrected chi connectivity index (χ1v) is 12.0. The van der Waals surface area contributed by atoms with Gasteiger partial charge >= 0.3 is 0 Å². The Labute approximate surface area is 201 Å². The van der Waals surface area contributed by atoms with Crippen LogP contribution in [0, 0.1) is 0 Å². The zero-order chi connectivity index (χ0) is 23.8. The van der Waals surface area contributed by atoms with Crippen LogP contribution in [0.15, 0.2) is 42.5 Å². The number of carbonyl (C=O) groups excluding carboxylic acids is 1. The Kier molecular flexibility index (Phi) is 9.56. The van der Waals surface area contributed by atoms with Crippen LogP contribution in [0.25, 0.3) is 0 Å². The molecule has 0 saturated carbocycles. The van der Waals surface area contributed by atoms with Crippen molar-refractivity contribution < 1.29 is 19.7 Å². The lowest BCUT2D eigenvalue weighted by Crippen LogP contribution is -2.36. The number of aryl methyl sites for hydroxylation is 1. The molecule has 33 heavy (non-hydrogen) atoms. The highest BCUT2D eigenvalue weighted by atomic mass is 35.5. The summed E-state index contributed by atoms with van der Waals surface area (Å²) in [4.78, 5) is 16.2. The largest absolute Gasteiger partial charge is 0.491 e. The first-order valence-electron chi connectivity index (χ1n) is 11.6. The van der Waals surface area contributed by atoms with Crippen LogP contribution in [0.2, 0.25) is 5.02 Å². The second-order valence-electron chi connectivity index (χ2n) is 8.93. The lowest BCUT2D eigenvalue weighted by Gasteiger charge is -2.26. The molecule has 0 bridgehead atoms. The van der Waals surface area contributed by atoms with Gasteiger partial charge in [0, 0.05) is 37.8 Å². The average Bonchev–Trinajstić information content (AvgIpc) is 2.80. The Hall–Kier alpha value is -2.12. The van der Waals surface area contributed by atoms with Crippen LogP contribution in [0.1, 0.15) is 47.2 Å². The van der Waals surface area contributed by atoms with Gasteiger partial charge in [-0.1, -0.05) is 36.2 Å². The summed E-state index contributed by atoms with van der Waals surface area (Å²) in [6.07, 6.45) is 2.36. The van der Waals surface area contributed by atoms with Crippen LogP contribution in [-0.4, -0.2) is 71.9 Å². The van der Waals surface area contributed by atoms with Gasteiger partial charge in [0.1, 0.15) is 18.5 Å². The maximum absolute atomic E-state index is 12.4. The van der Waals surface area contributed by atoms with Crippen molar-refractivity contribution in [2.45, 2.75) is 50.9 Å². The van der Waals surface area contributed by atoms with Gasteiger partial charge in [0.15, 0.2) is 0 Å². The molecule has 7 heteroatoms. The number of amides is 1. The van der Waals surface area contributed by atoms with Crippen LogP contribution in [0.5, 0.6) is 5.75 Å². The van der Waals surface area contributed by atoms with Crippen molar-refractivity contribution in [3.63, 3.8) is 0 Å². The van der Waals surface area contributed by atoms with Crippen molar-refractivity contribution in [3.8, 4) is 5.75 Å². The Morgan fingerprint density at radius 2 is 1.88 bits per heavy atom. The zero-order valence-corrected chi connectivity index (χ0v) is 20.3. The molecule has 0 aliphatic carbocycles. The predicted octanol–water partition coefficient (Wildman–Crippen LogP) is 3.76. The SMILES string of the molecule is CN(C)C(=O)c1ccc2c(c1)CCCCCN(Cc1ccccc1Cl)CC[C@H](O)[C@H](O)CO2. The van der Waals surface area contributed by atoms with E-state index in [0.717, 1.165) is 48.4 Å². The standard InChI is InChI=1S/C26H35ClN2O4/c1-28(2)26(32)20-11-12-25-19(16-20)8-4-3-7-14-29(15-13-23(30)24(31)18-33-25)17-21-9-5-6-10-22(21)27/h5-6,9-12,16,23-24,30-31H,3-4,7-8,13-15,17-18H2,1-2H3/t23-,24+/m0/s1. The summed E-state index contributed by atoms with van der Waals surface area (Å²) < 4.78 is 5.88. The number of benzene rings is 2. The van der Waals surface area contributed by atoms with Crippen molar-refractivity contribution >= 4 is 17.5 Å². The van der Waals surface area contributed by atoms with E-state index in [4.69, 9.17) is 16.3 Å². The second kappa shape index (κ2) is 12.4. The first kappa shape index (κ1) is 25.5. The van der Waals surface area contributed by atoms with E-state index < -0.39 is 12.2 Å². The van der Waals surface area contributed by atoms with E-state index in [1.807, 2.05) is 30.3 Å². The minimum absolute atomic E-state index is 0.000344. The smallest absolute Gasteiger partial charge is 0.253 e. The monoisotopic (exact) mass is 474 g/mol. The van der Waals surface area contributed by atoms with Crippen LogP contribution in [0.4, 0.5) is 0 Å². The number of aliphatic hydroxyl groups excluding tert-OH is 2. The highest BCUT2D eigenvalue weighted by Crippen LogP contribution is 2.25. The topological polar surface area (TPSA) is 73.2 Å². The molecule has 1 aliphatic rings. The Balaban J connectivity index is 1.72. The highest BCUT2D eigenvalue weighted by Gasteiger charge is 2.21. The number of nitrogens with zero attached hydrogens (tertiary/aromatic N) is 2. The van der Waals surface area contributed by atoms with Gasteiger partial charge in [-0.25, -0.2) is 0 Å². The fraction of sp³-hybridized carbons (Fsp3) is 0.500. The summed E-state index contributed by atoms with van der Waals surface area (Å²) in [7, 11) is 3.47. The third-order valence-electron chi connectivity index (χ3n) is 6.08. The maximum Gasteiger partial charge on any atom is 0.253 e. The Morgan fingerprint density at radius 1 is 1.09 bits per heavy atom. The number of hydrogen-bond donors (Lipinski definition) is 2. The van der Waals surface area contributed by atoms with Crippen LogP contribution in [0.3, 0.4) is 0 Å². The number of halogens is 1. The molecule has 2 atom stereocenters. The van der Waals surface area contributed by atoms with Gasteiger partial charge in [-0.2, -0.15) is 0 Å². The number of ether oxygens (including phenoxy) is 1. The van der Waals surface area contributed by atoms with Crippen molar-refractivity contribution in [2.24, 2.45) is 0 Å².